The van der Waals surface area contributed by atoms with Gasteiger partial charge in [-0.1, -0.05) is 30.3 Å². The minimum Gasteiger partial charge on any atom is -0.394 e. The second-order valence-corrected chi connectivity index (χ2v) is 5.46. The van der Waals surface area contributed by atoms with Gasteiger partial charge in [0.05, 0.1) is 19.3 Å². The predicted octanol–water partition coefficient (Wildman–Crippen LogP) is 1.66. The van der Waals surface area contributed by atoms with Crippen molar-refractivity contribution < 1.29 is 9.84 Å². The van der Waals surface area contributed by atoms with Crippen molar-refractivity contribution in [2.24, 2.45) is 5.92 Å². The van der Waals surface area contributed by atoms with Crippen LogP contribution in [0.4, 0.5) is 0 Å². The summed E-state index contributed by atoms with van der Waals surface area (Å²) in [5, 5.41) is 9.26. The summed E-state index contributed by atoms with van der Waals surface area (Å²) < 4.78 is 5.72. The Kier molecular flexibility index (Phi) is 3.64. The van der Waals surface area contributed by atoms with Crippen LogP contribution in [0.1, 0.15) is 18.4 Å². The summed E-state index contributed by atoms with van der Waals surface area (Å²) in [6.07, 6.45) is 2.66. The van der Waals surface area contributed by atoms with Crippen LogP contribution in [0, 0.1) is 5.92 Å². The van der Waals surface area contributed by atoms with Gasteiger partial charge < -0.3 is 9.84 Å². The third-order valence-corrected chi connectivity index (χ3v) is 4.01. The van der Waals surface area contributed by atoms with Gasteiger partial charge in [-0.3, -0.25) is 4.90 Å². The molecule has 1 aromatic rings. The molecule has 98 valence electrons. The fraction of sp³-hybridized carbons (Fsp3) is 0.600. The van der Waals surface area contributed by atoms with Crippen molar-refractivity contribution in [3.8, 4) is 0 Å². The van der Waals surface area contributed by atoms with E-state index in [9.17, 15) is 5.11 Å². The molecule has 2 fully saturated rings. The van der Waals surface area contributed by atoms with E-state index in [-0.39, 0.29) is 12.7 Å². The first-order valence-corrected chi connectivity index (χ1v) is 6.87. The van der Waals surface area contributed by atoms with Gasteiger partial charge in [-0.05, 0) is 24.3 Å². The van der Waals surface area contributed by atoms with Gasteiger partial charge in [-0.15, -0.1) is 0 Å². The molecule has 1 aromatic carbocycles. The van der Waals surface area contributed by atoms with Crippen molar-refractivity contribution in [3.05, 3.63) is 35.9 Å². The molecular weight excluding hydrogens is 226 g/mol. The van der Waals surface area contributed by atoms with Crippen molar-refractivity contribution in [2.45, 2.75) is 31.5 Å². The number of ether oxygens (including phenoxy) is 1. The summed E-state index contributed by atoms with van der Waals surface area (Å²) in [6.45, 7) is 2.74. The molecule has 1 N–H and O–H groups in total. The fourth-order valence-corrected chi connectivity index (χ4v) is 2.82. The van der Waals surface area contributed by atoms with E-state index in [0.29, 0.717) is 6.04 Å². The van der Waals surface area contributed by atoms with E-state index in [0.717, 1.165) is 25.6 Å². The van der Waals surface area contributed by atoms with Crippen LogP contribution in [0.5, 0.6) is 0 Å². The molecule has 2 unspecified atom stereocenters. The van der Waals surface area contributed by atoms with E-state index in [1.807, 2.05) is 0 Å². The molecule has 0 spiro atoms. The Morgan fingerprint density at radius 2 is 2.00 bits per heavy atom. The van der Waals surface area contributed by atoms with Crippen LogP contribution >= 0.6 is 0 Å². The fourth-order valence-electron chi connectivity index (χ4n) is 2.82. The first-order chi connectivity index (χ1) is 8.86. The van der Waals surface area contributed by atoms with Gasteiger partial charge in [0.15, 0.2) is 0 Å². The van der Waals surface area contributed by atoms with Gasteiger partial charge in [0, 0.05) is 19.1 Å². The number of hydrogen-bond acceptors (Lipinski definition) is 3. The molecule has 3 nitrogen and oxygen atoms in total. The normalized spacial score (nSPS) is 29.4. The second kappa shape index (κ2) is 5.39. The molecule has 0 aromatic heterocycles. The van der Waals surface area contributed by atoms with E-state index in [4.69, 9.17) is 4.74 Å². The van der Waals surface area contributed by atoms with Gasteiger partial charge in [0.2, 0.25) is 0 Å². The van der Waals surface area contributed by atoms with Crippen LogP contribution in [0.2, 0.25) is 0 Å². The van der Waals surface area contributed by atoms with Gasteiger partial charge in [-0.2, -0.15) is 0 Å². The lowest BCUT2D eigenvalue weighted by Gasteiger charge is -2.39. The molecule has 0 bridgehead atoms. The maximum absolute atomic E-state index is 9.26. The van der Waals surface area contributed by atoms with E-state index in [2.05, 4.69) is 35.2 Å². The van der Waals surface area contributed by atoms with Crippen LogP contribution in [-0.4, -0.2) is 41.9 Å². The van der Waals surface area contributed by atoms with Crippen molar-refractivity contribution >= 4 is 0 Å². The predicted molar refractivity (Wildman–Crippen MR) is 70.2 cm³/mol. The average molecular weight is 247 g/mol. The summed E-state index contributed by atoms with van der Waals surface area (Å²) in [5.41, 5.74) is 1.35. The SMILES string of the molecule is OCC1CN(Cc2ccccc2)C(C2CC2)CO1. The van der Waals surface area contributed by atoms with Crippen LogP contribution in [0.15, 0.2) is 30.3 Å². The molecule has 2 atom stereocenters. The maximum Gasteiger partial charge on any atom is 0.0933 e. The smallest absolute Gasteiger partial charge is 0.0933 e. The molecular formula is C15H21NO2. The van der Waals surface area contributed by atoms with Crippen LogP contribution in [0.3, 0.4) is 0 Å². The zero-order chi connectivity index (χ0) is 12.4. The van der Waals surface area contributed by atoms with E-state index < -0.39 is 0 Å². The molecule has 3 rings (SSSR count). The largest absolute Gasteiger partial charge is 0.394 e. The van der Waals surface area contributed by atoms with E-state index in [1.54, 1.807) is 0 Å². The van der Waals surface area contributed by atoms with Crippen molar-refractivity contribution in [3.63, 3.8) is 0 Å². The maximum atomic E-state index is 9.26. The molecule has 0 radical (unpaired) electrons. The van der Waals surface area contributed by atoms with Crippen LogP contribution < -0.4 is 0 Å². The highest BCUT2D eigenvalue weighted by molar-refractivity contribution is 5.15. The number of rotatable bonds is 4. The van der Waals surface area contributed by atoms with Gasteiger partial charge in [0.25, 0.3) is 0 Å². The Labute approximate surface area is 108 Å². The molecule has 1 heterocycles. The monoisotopic (exact) mass is 247 g/mol. The Morgan fingerprint density at radius 1 is 1.22 bits per heavy atom. The highest BCUT2D eigenvalue weighted by Crippen LogP contribution is 2.37. The second-order valence-electron chi connectivity index (χ2n) is 5.46. The Morgan fingerprint density at radius 3 is 2.67 bits per heavy atom. The third-order valence-electron chi connectivity index (χ3n) is 4.01. The highest BCUT2D eigenvalue weighted by Gasteiger charge is 2.39. The minimum absolute atomic E-state index is 0.0105. The average Bonchev–Trinajstić information content (AvgIpc) is 3.24. The number of benzene rings is 1. The zero-order valence-corrected chi connectivity index (χ0v) is 10.7. The number of aliphatic hydroxyl groups excluding tert-OH is 1. The van der Waals surface area contributed by atoms with E-state index in [1.165, 1.54) is 18.4 Å². The number of aliphatic hydroxyl groups is 1. The zero-order valence-electron chi connectivity index (χ0n) is 10.7. The van der Waals surface area contributed by atoms with Crippen molar-refractivity contribution in [1.29, 1.82) is 0 Å². The Balaban J connectivity index is 1.69. The van der Waals surface area contributed by atoms with Gasteiger partial charge in [0.1, 0.15) is 0 Å². The molecule has 18 heavy (non-hydrogen) atoms. The quantitative estimate of drug-likeness (QED) is 0.878. The first-order valence-electron chi connectivity index (χ1n) is 6.87. The lowest BCUT2D eigenvalue weighted by Crippen LogP contribution is -2.51. The van der Waals surface area contributed by atoms with E-state index >= 15 is 0 Å². The lowest BCUT2D eigenvalue weighted by atomic mass is 10.1. The molecule has 1 aliphatic carbocycles. The van der Waals surface area contributed by atoms with Crippen molar-refractivity contribution in [2.75, 3.05) is 19.8 Å². The molecule has 1 saturated heterocycles. The van der Waals surface area contributed by atoms with Crippen LogP contribution in [-0.2, 0) is 11.3 Å². The summed E-state index contributed by atoms with van der Waals surface area (Å²) in [7, 11) is 0. The Hall–Kier alpha value is -0.900. The molecule has 2 aliphatic rings. The molecule has 3 heteroatoms. The number of hydrogen-bond donors (Lipinski definition) is 1. The number of nitrogens with zero attached hydrogens (tertiary/aromatic N) is 1. The minimum atomic E-state index is -0.0105. The summed E-state index contributed by atoms with van der Waals surface area (Å²) >= 11 is 0. The summed E-state index contributed by atoms with van der Waals surface area (Å²) in [4.78, 5) is 2.50. The lowest BCUT2D eigenvalue weighted by molar-refractivity contribution is -0.0904. The Bertz CT molecular complexity index is 377. The topological polar surface area (TPSA) is 32.7 Å². The first kappa shape index (κ1) is 12.2. The van der Waals surface area contributed by atoms with Crippen LogP contribution in [0.25, 0.3) is 0 Å². The summed E-state index contributed by atoms with van der Waals surface area (Å²) in [5.74, 6) is 0.813. The van der Waals surface area contributed by atoms with Gasteiger partial charge in [-0.25, -0.2) is 0 Å². The van der Waals surface area contributed by atoms with Crippen molar-refractivity contribution in [1.82, 2.24) is 4.90 Å². The highest BCUT2D eigenvalue weighted by atomic mass is 16.5. The standard InChI is InChI=1S/C15H21NO2/c17-10-14-9-16(8-12-4-2-1-3-5-12)15(11-18-14)13-6-7-13/h1-5,13-15,17H,6-11H2. The number of morpholine rings is 1. The molecule has 0 amide bonds. The molecule has 1 saturated carbocycles. The third kappa shape index (κ3) is 2.74. The van der Waals surface area contributed by atoms with Gasteiger partial charge >= 0.3 is 0 Å². The molecule has 1 aliphatic heterocycles. The summed E-state index contributed by atoms with van der Waals surface area (Å²) in [6, 6.07) is 11.1.